The van der Waals surface area contributed by atoms with E-state index in [4.69, 9.17) is 9.84 Å². The Balaban J connectivity index is 1.70. The predicted octanol–water partition coefficient (Wildman–Crippen LogP) is 3.19. The molecule has 1 aliphatic heterocycles. The smallest absolute Gasteiger partial charge is 0.352 e. The number of aromatic amines is 1. The number of aromatic carboxylic acids is 1. The Labute approximate surface area is 139 Å². The lowest BCUT2D eigenvalue weighted by Crippen LogP contribution is -2.34. The molecule has 2 aromatic carbocycles. The maximum atomic E-state index is 11.1. The molecule has 0 radical (unpaired) electrons. The summed E-state index contributed by atoms with van der Waals surface area (Å²) in [5.74, 6) is -0.946. The number of hydrogen-bond acceptors (Lipinski definition) is 3. The number of carbonyl (C=O) groups is 1. The van der Waals surface area contributed by atoms with Gasteiger partial charge < -0.3 is 20.1 Å². The summed E-state index contributed by atoms with van der Waals surface area (Å²) in [6.07, 6.45) is 0. The Morgan fingerprint density at radius 3 is 2.79 bits per heavy atom. The highest BCUT2D eigenvalue weighted by atomic mass is 16.5. The second-order valence-electron chi connectivity index (χ2n) is 6.00. The van der Waals surface area contributed by atoms with Gasteiger partial charge in [-0.2, -0.15) is 0 Å². The topological polar surface area (TPSA) is 74.3 Å². The number of H-pyrrole nitrogens is 1. The van der Waals surface area contributed by atoms with Gasteiger partial charge in [0.05, 0.1) is 19.3 Å². The summed E-state index contributed by atoms with van der Waals surface area (Å²) in [6, 6.07) is 16.2. The van der Waals surface area contributed by atoms with Gasteiger partial charge in [0.15, 0.2) is 0 Å². The standard InChI is InChI=1S/C19H18N2O3/c22-19(23)17-10-15-9-13(4-5-16(15)21-17)12-2-1-3-14(8-12)18-11-24-7-6-20-18/h1-5,8-10,18,20-21H,6-7,11H2,(H,22,23)/t18-/m1/s1. The van der Waals surface area contributed by atoms with Crippen LogP contribution >= 0.6 is 0 Å². The molecule has 122 valence electrons. The van der Waals surface area contributed by atoms with Crippen molar-refractivity contribution >= 4 is 16.9 Å². The molecule has 4 rings (SSSR count). The summed E-state index contributed by atoms with van der Waals surface area (Å²) < 4.78 is 5.54. The minimum absolute atomic E-state index is 0.208. The van der Waals surface area contributed by atoms with Gasteiger partial charge in [0, 0.05) is 17.4 Å². The summed E-state index contributed by atoms with van der Waals surface area (Å²) in [6.45, 7) is 2.30. The number of ether oxygens (including phenoxy) is 1. The van der Waals surface area contributed by atoms with Crippen molar-refractivity contribution in [3.8, 4) is 11.1 Å². The number of benzene rings is 2. The quantitative estimate of drug-likeness (QED) is 0.692. The molecule has 5 nitrogen and oxygen atoms in total. The summed E-state index contributed by atoms with van der Waals surface area (Å²) in [7, 11) is 0. The van der Waals surface area contributed by atoms with Crippen LogP contribution in [-0.2, 0) is 4.74 Å². The normalized spacial score (nSPS) is 17.9. The van der Waals surface area contributed by atoms with Crippen molar-refractivity contribution in [1.82, 2.24) is 10.3 Å². The number of rotatable bonds is 3. The number of aromatic nitrogens is 1. The van der Waals surface area contributed by atoms with Gasteiger partial charge in [-0.15, -0.1) is 0 Å². The van der Waals surface area contributed by atoms with Crippen molar-refractivity contribution in [3.05, 3.63) is 59.8 Å². The minimum Gasteiger partial charge on any atom is -0.477 e. The molecule has 0 amide bonds. The molecule has 5 heteroatoms. The van der Waals surface area contributed by atoms with E-state index in [-0.39, 0.29) is 11.7 Å². The van der Waals surface area contributed by atoms with Gasteiger partial charge in [-0.05, 0) is 41.0 Å². The Kier molecular flexibility index (Phi) is 3.80. The molecule has 1 atom stereocenters. The van der Waals surface area contributed by atoms with Crippen molar-refractivity contribution in [2.24, 2.45) is 0 Å². The number of morpholine rings is 1. The molecule has 24 heavy (non-hydrogen) atoms. The summed E-state index contributed by atoms with van der Waals surface area (Å²) >= 11 is 0. The first-order valence-electron chi connectivity index (χ1n) is 7.98. The van der Waals surface area contributed by atoms with Crippen molar-refractivity contribution in [2.75, 3.05) is 19.8 Å². The maximum Gasteiger partial charge on any atom is 0.352 e. The van der Waals surface area contributed by atoms with Crippen LogP contribution in [0.1, 0.15) is 22.1 Å². The molecular weight excluding hydrogens is 304 g/mol. The van der Waals surface area contributed by atoms with E-state index in [1.807, 2.05) is 24.3 Å². The predicted molar refractivity (Wildman–Crippen MR) is 92.3 cm³/mol. The average molecular weight is 322 g/mol. The largest absolute Gasteiger partial charge is 0.477 e. The molecular formula is C19H18N2O3. The van der Waals surface area contributed by atoms with E-state index in [1.54, 1.807) is 6.07 Å². The van der Waals surface area contributed by atoms with Gasteiger partial charge in [0.1, 0.15) is 5.69 Å². The van der Waals surface area contributed by atoms with Crippen LogP contribution in [0.5, 0.6) is 0 Å². The Morgan fingerprint density at radius 2 is 2.00 bits per heavy atom. The average Bonchev–Trinajstić information content (AvgIpc) is 3.06. The molecule has 0 unspecified atom stereocenters. The van der Waals surface area contributed by atoms with Crippen LogP contribution in [0.15, 0.2) is 48.5 Å². The van der Waals surface area contributed by atoms with Crippen LogP contribution in [0, 0.1) is 0 Å². The summed E-state index contributed by atoms with van der Waals surface area (Å²) in [5.41, 5.74) is 4.42. The third kappa shape index (κ3) is 2.79. The zero-order valence-electron chi connectivity index (χ0n) is 13.1. The maximum absolute atomic E-state index is 11.1. The first-order valence-corrected chi connectivity index (χ1v) is 7.98. The zero-order valence-corrected chi connectivity index (χ0v) is 13.1. The second-order valence-corrected chi connectivity index (χ2v) is 6.00. The molecule has 0 aliphatic carbocycles. The van der Waals surface area contributed by atoms with E-state index >= 15 is 0 Å². The lowest BCUT2D eigenvalue weighted by atomic mass is 9.98. The monoisotopic (exact) mass is 322 g/mol. The SMILES string of the molecule is O=C(O)c1cc2cc(-c3cccc([C@H]4COCCN4)c3)ccc2[nH]1. The zero-order chi connectivity index (χ0) is 16.5. The highest BCUT2D eigenvalue weighted by molar-refractivity contribution is 5.95. The summed E-state index contributed by atoms with van der Waals surface area (Å²) in [5, 5.41) is 13.5. The molecule has 3 N–H and O–H groups in total. The van der Waals surface area contributed by atoms with E-state index in [2.05, 4.69) is 28.5 Å². The van der Waals surface area contributed by atoms with Crippen molar-refractivity contribution in [1.29, 1.82) is 0 Å². The number of fused-ring (bicyclic) bond motifs is 1. The van der Waals surface area contributed by atoms with Crippen LogP contribution in [0.2, 0.25) is 0 Å². The molecule has 1 saturated heterocycles. The molecule has 2 heterocycles. The van der Waals surface area contributed by atoms with Crippen LogP contribution in [0.25, 0.3) is 22.0 Å². The van der Waals surface area contributed by atoms with Crippen LogP contribution in [0.3, 0.4) is 0 Å². The van der Waals surface area contributed by atoms with Crippen molar-refractivity contribution in [2.45, 2.75) is 6.04 Å². The number of nitrogens with one attached hydrogen (secondary N) is 2. The van der Waals surface area contributed by atoms with Crippen molar-refractivity contribution < 1.29 is 14.6 Å². The van der Waals surface area contributed by atoms with E-state index in [0.717, 1.165) is 35.2 Å². The van der Waals surface area contributed by atoms with Gasteiger partial charge in [0.25, 0.3) is 0 Å². The van der Waals surface area contributed by atoms with Crippen LogP contribution < -0.4 is 5.32 Å². The van der Waals surface area contributed by atoms with E-state index in [9.17, 15) is 4.79 Å². The molecule has 3 aromatic rings. The first kappa shape index (κ1) is 14.9. The number of carboxylic acids is 1. The van der Waals surface area contributed by atoms with Crippen molar-refractivity contribution in [3.63, 3.8) is 0 Å². The molecule has 1 fully saturated rings. The highest BCUT2D eigenvalue weighted by Gasteiger charge is 2.15. The second kappa shape index (κ2) is 6.11. The van der Waals surface area contributed by atoms with Gasteiger partial charge in [-0.1, -0.05) is 24.3 Å². The third-order valence-electron chi connectivity index (χ3n) is 4.40. The first-order chi connectivity index (χ1) is 11.7. The van der Waals surface area contributed by atoms with Gasteiger partial charge >= 0.3 is 5.97 Å². The van der Waals surface area contributed by atoms with Crippen LogP contribution in [0.4, 0.5) is 0 Å². The molecule has 0 bridgehead atoms. The Hall–Kier alpha value is -2.63. The van der Waals surface area contributed by atoms with Gasteiger partial charge in [-0.3, -0.25) is 0 Å². The van der Waals surface area contributed by atoms with Gasteiger partial charge in [0.2, 0.25) is 0 Å². The molecule has 0 saturated carbocycles. The van der Waals surface area contributed by atoms with E-state index in [1.165, 1.54) is 5.56 Å². The fourth-order valence-electron chi connectivity index (χ4n) is 3.14. The minimum atomic E-state index is -0.946. The number of carboxylic acid groups (broad SMARTS) is 1. The lowest BCUT2D eigenvalue weighted by Gasteiger charge is -2.24. The lowest BCUT2D eigenvalue weighted by molar-refractivity contribution is 0.0691. The fraction of sp³-hybridized carbons (Fsp3) is 0.211. The molecule has 1 aliphatic rings. The third-order valence-corrected chi connectivity index (χ3v) is 4.40. The van der Waals surface area contributed by atoms with Gasteiger partial charge in [-0.25, -0.2) is 4.79 Å². The van der Waals surface area contributed by atoms with Crippen LogP contribution in [-0.4, -0.2) is 35.8 Å². The molecule has 0 spiro atoms. The van der Waals surface area contributed by atoms with E-state index in [0.29, 0.717) is 6.61 Å². The Bertz CT molecular complexity index is 895. The number of hydrogen-bond donors (Lipinski definition) is 3. The Morgan fingerprint density at radius 1 is 1.12 bits per heavy atom. The van der Waals surface area contributed by atoms with E-state index < -0.39 is 5.97 Å². The fourth-order valence-corrected chi connectivity index (χ4v) is 3.14. The molecule has 1 aromatic heterocycles. The summed E-state index contributed by atoms with van der Waals surface area (Å²) in [4.78, 5) is 14.0. The highest BCUT2D eigenvalue weighted by Crippen LogP contribution is 2.27.